The Morgan fingerprint density at radius 3 is 3.22 bits per heavy atom. The molecule has 1 aliphatic rings. The highest BCUT2D eigenvalue weighted by molar-refractivity contribution is 5.87. The predicted molar refractivity (Wildman–Crippen MR) is 67.7 cm³/mol. The minimum atomic E-state index is -0.431. The molecule has 0 spiro atoms. The highest BCUT2D eigenvalue weighted by Crippen LogP contribution is 2.13. The van der Waals surface area contributed by atoms with Crippen LogP contribution < -0.4 is 10.2 Å². The third kappa shape index (κ3) is 2.76. The van der Waals surface area contributed by atoms with Crippen molar-refractivity contribution in [3.05, 3.63) is 18.0 Å². The zero-order valence-corrected chi connectivity index (χ0v) is 10.7. The molecule has 0 aliphatic carbocycles. The maximum absolute atomic E-state index is 11.5. The van der Waals surface area contributed by atoms with Crippen LogP contribution >= 0.6 is 0 Å². The van der Waals surface area contributed by atoms with Crippen LogP contribution in [0.1, 0.15) is 23.8 Å². The van der Waals surface area contributed by atoms with Crippen molar-refractivity contribution < 1.29 is 9.53 Å². The van der Waals surface area contributed by atoms with E-state index in [1.807, 2.05) is 0 Å². The van der Waals surface area contributed by atoms with Crippen molar-refractivity contribution in [3.8, 4) is 0 Å². The van der Waals surface area contributed by atoms with Gasteiger partial charge < -0.3 is 15.0 Å². The van der Waals surface area contributed by atoms with Gasteiger partial charge in [-0.25, -0.2) is 14.8 Å². The number of ether oxygens (including phenoxy) is 1. The van der Waals surface area contributed by atoms with Crippen molar-refractivity contribution in [1.82, 2.24) is 15.3 Å². The fraction of sp³-hybridized carbons (Fsp3) is 0.583. The molecule has 1 atom stereocenters. The molecule has 0 saturated carbocycles. The molecule has 98 valence electrons. The minimum Gasteiger partial charge on any atom is -0.464 e. The zero-order valence-electron chi connectivity index (χ0n) is 10.7. The molecule has 0 amide bonds. The minimum absolute atomic E-state index is 0.298. The van der Waals surface area contributed by atoms with E-state index in [-0.39, 0.29) is 0 Å². The fourth-order valence-electron chi connectivity index (χ4n) is 2.02. The van der Waals surface area contributed by atoms with Crippen LogP contribution in [0.25, 0.3) is 0 Å². The Bertz CT molecular complexity index is 424. The Morgan fingerprint density at radius 2 is 2.44 bits per heavy atom. The summed E-state index contributed by atoms with van der Waals surface area (Å²) in [6.07, 6.45) is 2.63. The summed E-state index contributed by atoms with van der Waals surface area (Å²) in [6.45, 7) is 4.90. The zero-order chi connectivity index (χ0) is 13.0. The first-order valence-electron chi connectivity index (χ1n) is 6.11. The van der Waals surface area contributed by atoms with Crippen LogP contribution in [-0.4, -0.2) is 48.7 Å². The molecule has 0 aromatic carbocycles. The molecule has 0 bridgehead atoms. The molecule has 0 unspecified atom stereocenters. The quantitative estimate of drug-likeness (QED) is 0.769. The summed E-state index contributed by atoms with van der Waals surface area (Å²) in [6, 6.07) is 1.87. The smallest absolute Gasteiger partial charge is 0.356 e. The van der Waals surface area contributed by atoms with Gasteiger partial charge in [0.15, 0.2) is 5.69 Å². The largest absolute Gasteiger partial charge is 0.464 e. The molecule has 1 aliphatic heterocycles. The van der Waals surface area contributed by atoms with Gasteiger partial charge in [-0.1, -0.05) is 0 Å². The van der Waals surface area contributed by atoms with Gasteiger partial charge in [-0.3, -0.25) is 0 Å². The maximum Gasteiger partial charge on any atom is 0.356 e. The van der Waals surface area contributed by atoms with Gasteiger partial charge in [-0.05, 0) is 26.0 Å². The van der Waals surface area contributed by atoms with E-state index >= 15 is 0 Å². The highest BCUT2D eigenvalue weighted by atomic mass is 16.5. The fourth-order valence-corrected chi connectivity index (χ4v) is 2.02. The van der Waals surface area contributed by atoms with E-state index in [0.29, 0.717) is 17.7 Å². The Kier molecular flexibility index (Phi) is 4.09. The van der Waals surface area contributed by atoms with Crippen molar-refractivity contribution in [3.63, 3.8) is 0 Å². The van der Waals surface area contributed by atoms with Gasteiger partial charge >= 0.3 is 5.97 Å². The number of nitrogens with one attached hydrogen (secondary N) is 1. The third-order valence-electron chi connectivity index (χ3n) is 3.02. The number of carbonyl (C=O) groups excluding carboxylic acids is 1. The second kappa shape index (κ2) is 5.77. The Hall–Kier alpha value is -1.69. The van der Waals surface area contributed by atoms with E-state index in [2.05, 4.69) is 31.8 Å². The van der Waals surface area contributed by atoms with Crippen molar-refractivity contribution in [2.75, 3.05) is 31.6 Å². The molecular weight excluding hydrogens is 232 g/mol. The molecule has 1 fully saturated rings. The first-order chi connectivity index (χ1) is 8.72. The maximum atomic E-state index is 11.5. The van der Waals surface area contributed by atoms with Crippen LogP contribution in [0, 0.1) is 0 Å². The number of aromatic nitrogens is 2. The number of anilines is 1. The second-order valence-electron chi connectivity index (χ2n) is 4.33. The number of esters is 1. The highest BCUT2D eigenvalue weighted by Gasteiger charge is 2.20. The van der Waals surface area contributed by atoms with Crippen LogP contribution in [0.5, 0.6) is 0 Å². The van der Waals surface area contributed by atoms with E-state index in [0.717, 1.165) is 26.1 Å². The summed E-state index contributed by atoms with van der Waals surface area (Å²) in [4.78, 5) is 22.1. The summed E-state index contributed by atoms with van der Waals surface area (Å²) < 4.78 is 4.67. The van der Waals surface area contributed by atoms with Crippen molar-refractivity contribution in [1.29, 1.82) is 0 Å². The van der Waals surface area contributed by atoms with Gasteiger partial charge in [0.25, 0.3) is 0 Å². The topological polar surface area (TPSA) is 67.3 Å². The number of nitrogens with zero attached hydrogens (tertiary/aromatic N) is 3. The predicted octanol–water partition coefficient (Wildman–Crippen LogP) is 0.451. The summed E-state index contributed by atoms with van der Waals surface area (Å²) in [5.41, 5.74) is 0.298. The first-order valence-corrected chi connectivity index (χ1v) is 6.11. The van der Waals surface area contributed by atoms with Crippen LogP contribution in [0.15, 0.2) is 12.3 Å². The lowest BCUT2D eigenvalue weighted by Crippen LogP contribution is -2.38. The van der Waals surface area contributed by atoms with Crippen molar-refractivity contribution in [2.24, 2.45) is 0 Å². The number of rotatable bonds is 2. The van der Waals surface area contributed by atoms with E-state index in [9.17, 15) is 4.79 Å². The molecule has 6 heteroatoms. The van der Waals surface area contributed by atoms with E-state index in [1.54, 1.807) is 12.3 Å². The Labute approximate surface area is 106 Å². The second-order valence-corrected chi connectivity index (χ2v) is 4.33. The molecular formula is C12H18N4O2. The Balaban J connectivity index is 2.23. The Morgan fingerprint density at radius 1 is 1.61 bits per heavy atom. The lowest BCUT2D eigenvalue weighted by Gasteiger charge is -2.26. The number of hydrogen-bond donors (Lipinski definition) is 1. The van der Waals surface area contributed by atoms with Gasteiger partial charge in [-0.2, -0.15) is 0 Å². The van der Waals surface area contributed by atoms with Gasteiger partial charge in [0, 0.05) is 25.3 Å². The molecule has 0 radical (unpaired) electrons. The third-order valence-corrected chi connectivity index (χ3v) is 3.02. The van der Waals surface area contributed by atoms with Crippen LogP contribution in [0.2, 0.25) is 0 Å². The molecule has 1 saturated heterocycles. The van der Waals surface area contributed by atoms with Gasteiger partial charge in [-0.15, -0.1) is 0 Å². The van der Waals surface area contributed by atoms with Crippen molar-refractivity contribution in [2.45, 2.75) is 19.4 Å². The summed E-state index contributed by atoms with van der Waals surface area (Å²) >= 11 is 0. The monoisotopic (exact) mass is 250 g/mol. The van der Waals surface area contributed by atoms with E-state index in [4.69, 9.17) is 0 Å². The molecule has 6 nitrogen and oxygen atoms in total. The first kappa shape index (κ1) is 12.8. The van der Waals surface area contributed by atoms with Crippen LogP contribution in [0.3, 0.4) is 0 Å². The van der Waals surface area contributed by atoms with E-state index in [1.165, 1.54) is 7.11 Å². The average Bonchev–Trinajstić information content (AvgIpc) is 2.62. The van der Waals surface area contributed by atoms with Crippen LogP contribution in [-0.2, 0) is 4.74 Å². The average molecular weight is 250 g/mol. The summed E-state index contributed by atoms with van der Waals surface area (Å²) in [5, 5.41) is 3.36. The number of carbonyl (C=O) groups is 1. The normalized spacial score (nSPS) is 20.3. The van der Waals surface area contributed by atoms with E-state index < -0.39 is 5.97 Å². The molecule has 1 aromatic heterocycles. The van der Waals surface area contributed by atoms with Gasteiger partial charge in [0.1, 0.15) is 0 Å². The molecule has 2 rings (SSSR count). The lowest BCUT2D eigenvalue weighted by atomic mass is 10.3. The molecule has 1 aromatic rings. The summed E-state index contributed by atoms with van der Waals surface area (Å²) in [7, 11) is 1.35. The molecule has 18 heavy (non-hydrogen) atoms. The lowest BCUT2D eigenvalue weighted by molar-refractivity contribution is 0.0594. The number of hydrogen-bond acceptors (Lipinski definition) is 6. The molecule has 2 heterocycles. The summed E-state index contributed by atoms with van der Waals surface area (Å²) in [5.74, 6) is 0.161. The molecule has 1 N–H and O–H groups in total. The standard InChI is InChI=1S/C12H18N4O2/c1-9-8-13-5-3-7-16(9)12-14-6-4-10(15-12)11(17)18-2/h4,6,9,13H,3,5,7-8H2,1-2H3/t9-/m0/s1. The van der Waals surface area contributed by atoms with Crippen LogP contribution in [0.4, 0.5) is 5.95 Å². The van der Waals surface area contributed by atoms with Gasteiger partial charge in [0.2, 0.25) is 5.95 Å². The number of methoxy groups -OCH3 is 1. The van der Waals surface area contributed by atoms with Crippen molar-refractivity contribution >= 4 is 11.9 Å². The SMILES string of the molecule is COC(=O)c1ccnc(N2CCCNC[C@@H]2C)n1. The van der Waals surface area contributed by atoms with Gasteiger partial charge in [0.05, 0.1) is 7.11 Å².